The van der Waals surface area contributed by atoms with Gasteiger partial charge in [-0.05, 0) is 6.07 Å². The molecule has 0 radical (unpaired) electrons. The van der Waals surface area contributed by atoms with Crippen molar-refractivity contribution in [1.29, 1.82) is 0 Å². The second-order valence-electron chi connectivity index (χ2n) is 3.73. The van der Waals surface area contributed by atoms with Gasteiger partial charge in [0.2, 0.25) is 0 Å². The van der Waals surface area contributed by atoms with E-state index >= 15 is 0 Å². The summed E-state index contributed by atoms with van der Waals surface area (Å²) in [5, 5.41) is 28.5. The molecule has 20 heavy (non-hydrogen) atoms. The molecule has 8 nitrogen and oxygen atoms in total. The number of nitro groups is 1. The van der Waals surface area contributed by atoms with Crippen LogP contribution in [-0.4, -0.2) is 48.7 Å². The van der Waals surface area contributed by atoms with Gasteiger partial charge in [-0.25, -0.2) is 0 Å². The van der Waals surface area contributed by atoms with Crippen molar-refractivity contribution in [2.45, 2.75) is 6.61 Å². The number of hydrogen-bond acceptors (Lipinski definition) is 7. The van der Waals surface area contributed by atoms with Crippen molar-refractivity contribution in [3.8, 4) is 11.5 Å². The maximum atomic E-state index is 10.9. The highest BCUT2D eigenvalue weighted by molar-refractivity contribution is 5.54. The SMILES string of the molecule is COc1cc(CO)c([N+](=O)[O-])cc1OCCOCCO. The fraction of sp³-hybridized carbons (Fsp3) is 0.500. The Balaban J connectivity index is 2.82. The molecule has 2 N–H and O–H groups in total. The highest BCUT2D eigenvalue weighted by Crippen LogP contribution is 2.34. The second kappa shape index (κ2) is 8.31. The average molecular weight is 287 g/mol. The Morgan fingerprint density at radius 3 is 2.50 bits per heavy atom. The van der Waals surface area contributed by atoms with Crippen molar-refractivity contribution < 1.29 is 29.3 Å². The van der Waals surface area contributed by atoms with Gasteiger partial charge in [-0.2, -0.15) is 0 Å². The van der Waals surface area contributed by atoms with Crippen LogP contribution in [0.3, 0.4) is 0 Å². The molecular weight excluding hydrogens is 270 g/mol. The van der Waals surface area contributed by atoms with Gasteiger partial charge in [-0.1, -0.05) is 0 Å². The summed E-state index contributed by atoms with van der Waals surface area (Å²) in [6, 6.07) is 2.57. The molecule has 0 heterocycles. The van der Waals surface area contributed by atoms with Crippen molar-refractivity contribution in [2.75, 3.05) is 33.5 Å². The van der Waals surface area contributed by atoms with Crippen LogP contribution < -0.4 is 9.47 Å². The Morgan fingerprint density at radius 2 is 1.95 bits per heavy atom. The maximum Gasteiger partial charge on any atom is 0.278 e. The van der Waals surface area contributed by atoms with E-state index in [9.17, 15) is 10.1 Å². The molecule has 1 rings (SSSR count). The topological polar surface area (TPSA) is 111 Å². The van der Waals surface area contributed by atoms with E-state index in [1.54, 1.807) is 0 Å². The van der Waals surface area contributed by atoms with Gasteiger partial charge in [-0.3, -0.25) is 10.1 Å². The van der Waals surface area contributed by atoms with Crippen molar-refractivity contribution in [2.24, 2.45) is 0 Å². The molecule has 1 aromatic rings. The molecule has 0 unspecified atom stereocenters. The summed E-state index contributed by atoms with van der Waals surface area (Å²) in [6.07, 6.45) is 0. The van der Waals surface area contributed by atoms with Crippen LogP contribution in [0.5, 0.6) is 11.5 Å². The van der Waals surface area contributed by atoms with Crippen LogP contribution in [0.1, 0.15) is 5.56 Å². The van der Waals surface area contributed by atoms with Crippen LogP contribution in [0.15, 0.2) is 12.1 Å². The molecule has 8 heteroatoms. The lowest BCUT2D eigenvalue weighted by atomic mass is 10.1. The highest BCUT2D eigenvalue weighted by Gasteiger charge is 2.19. The third kappa shape index (κ3) is 4.34. The van der Waals surface area contributed by atoms with Gasteiger partial charge < -0.3 is 24.4 Å². The molecule has 0 aliphatic rings. The number of aliphatic hydroxyl groups is 2. The first-order valence-corrected chi connectivity index (χ1v) is 5.91. The Hall–Kier alpha value is -1.90. The molecule has 0 saturated carbocycles. The van der Waals surface area contributed by atoms with E-state index in [0.717, 1.165) is 0 Å². The summed E-state index contributed by atoms with van der Waals surface area (Å²) in [4.78, 5) is 10.3. The predicted octanol–water partition coefficient (Wildman–Crippen LogP) is 0.483. The molecule has 0 aromatic heterocycles. The zero-order valence-corrected chi connectivity index (χ0v) is 11.1. The quantitative estimate of drug-likeness (QED) is 0.386. The van der Waals surface area contributed by atoms with Crippen LogP contribution >= 0.6 is 0 Å². The number of methoxy groups -OCH3 is 1. The summed E-state index contributed by atoms with van der Waals surface area (Å²) in [5.41, 5.74) is -0.0877. The summed E-state index contributed by atoms with van der Waals surface area (Å²) < 4.78 is 15.4. The second-order valence-corrected chi connectivity index (χ2v) is 3.73. The lowest BCUT2D eigenvalue weighted by molar-refractivity contribution is -0.385. The average Bonchev–Trinajstić information content (AvgIpc) is 2.46. The van der Waals surface area contributed by atoms with Crippen molar-refractivity contribution in [3.05, 3.63) is 27.8 Å². The van der Waals surface area contributed by atoms with Crippen LogP contribution in [0.25, 0.3) is 0 Å². The van der Waals surface area contributed by atoms with E-state index in [1.165, 1.54) is 19.2 Å². The van der Waals surface area contributed by atoms with E-state index in [4.69, 9.17) is 24.4 Å². The molecule has 0 aliphatic heterocycles. The fourth-order valence-corrected chi connectivity index (χ4v) is 1.54. The van der Waals surface area contributed by atoms with Crippen LogP contribution in [0, 0.1) is 10.1 Å². The molecule has 0 aliphatic carbocycles. The molecule has 0 bridgehead atoms. The number of nitro benzene ring substituents is 1. The molecule has 0 atom stereocenters. The molecule has 0 fully saturated rings. The molecule has 0 saturated heterocycles. The number of aliphatic hydroxyl groups excluding tert-OH is 2. The van der Waals surface area contributed by atoms with E-state index in [0.29, 0.717) is 5.75 Å². The van der Waals surface area contributed by atoms with E-state index < -0.39 is 11.5 Å². The summed E-state index contributed by atoms with van der Waals surface area (Å²) in [5.74, 6) is 0.491. The Bertz CT molecular complexity index is 450. The lowest BCUT2D eigenvalue weighted by Crippen LogP contribution is -2.10. The highest BCUT2D eigenvalue weighted by atomic mass is 16.6. The van der Waals surface area contributed by atoms with Gasteiger partial charge in [0.15, 0.2) is 11.5 Å². The lowest BCUT2D eigenvalue weighted by Gasteiger charge is -2.12. The first kappa shape index (κ1) is 16.2. The van der Waals surface area contributed by atoms with Crippen molar-refractivity contribution in [1.82, 2.24) is 0 Å². The largest absolute Gasteiger partial charge is 0.493 e. The minimum absolute atomic E-state index is 0.0833. The molecule has 0 spiro atoms. The van der Waals surface area contributed by atoms with Crippen molar-refractivity contribution in [3.63, 3.8) is 0 Å². The van der Waals surface area contributed by atoms with E-state index in [1.807, 2.05) is 0 Å². The predicted molar refractivity (Wildman–Crippen MR) is 69.0 cm³/mol. The normalized spacial score (nSPS) is 10.3. The van der Waals surface area contributed by atoms with Crippen molar-refractivity contribution >= 4 is 5.69 Å². The first-order chi connectivity index (χ1) is 9.63. The van der Waals surface area contributed by atoms with Crippen LogP contribution in [-0.2, 0) is 11.3 Å². The monoisotopic (exact) mass is 287 g/mol. The minimum atomic E-state index is -0.597. The number of nitrogens with zero attached hydrogens (tertiary/aromatic N) is 1. The van der Waals surface area contributed by atoms with Crippen LogP contribution in [0.4, 0.5) is 5.69 Å². The molecule has 112 valence electrons. The zero-order valence-electron chi connectivity index (χ0n) is 11.1. The Labute approximate surface area is 115 Å². The van der Waals surface area contributed by atoms with Gasteiger partial charge >= 0.3 is 0 Å². The van der Waals surface area contributed by atoms with Gasteiger partial charge in [0, 0.05) is 0 Å². The van der Waals surface area contributed by atoms with Gasteiger partial charge in [-0.15, -0.1) is 0 Å². The zero-order chi connectivity index (χ0) is 15.0. The maximum absolute atomic E-state index is 10.9. The summed E-state index contributed by atoms with van der Waals surface area (Å²) >= 11 is 0. The number of benzene rings is 1. The standard InChI is InChI=1S/C12H17NO7/c1-18-11-6-9(8-15)10(13(16)17)7-12(11)20-5-4-19-3-2-14/h6-7,14-15H,2-5,8H2,1H3. The number of hydrogen-bond donors (Lipinski definition) is 2. The molecule has 1 aromatic carbocycles. The summed E-state index contributed by atoms with van der Waals surface area (Å²) in [6.45, 7) is 0.0435. The Kier molecular flexibility index (Phi) is 6.71. The van der Waals surface area contributed by atoms with Crippen LogP contribution in [0.2, 0.25) is 0 Å². The molecule has 0 amide bonds. The van der Waals surface area contributed by atoms with E-state index in [2.05, 4.69) is 0 Å². The summed E-state index contributed by atoms with van der Waals surface area (Å²) in [7, 11) is 1.40. The van der Waals surface area contributed by atoms with E-state index in [-0.39, 0.29) is 43.4 Å². The number of rotatable bonds is 9. The fourth-order valence-electron chi connectivity index (χ4n) is 1.54. The van der Waals surface area contributed by atoms with Gasteiger partial charge in [0.25, 0.3) is 5.69 Å². The minimum Gasteiger partial charge on any atom is -0.493 e. The first-order valence-electron chi connectivity index (χ1n) is 5.91. The van der Waals surface area contributed by atoms with Gasteiger partial charge in [0.1, 0.15) is 6.61 Å². The smallest absolute Gasteiger partial charge is 0.278 e. The number of ether oxygens (including phenoxy) is 3. The Morgan fingerprint density at radius 1 is 1.20 bits per heavy atom. The third-order valence-electron chi connectivity index (χ3n) is 2.45. The third-order valence-corrected chi connectivity index (χ3v) is 2.45. The van der Waals surface area contributed by atoms with Gasteiger partial charge in [0.05, 0.1) is 50.1 Å². The molecular formula is C12H17NO7.